The van der Waals surface area contributed by atoms with Gasteiger partial charge in [0.2, 0.25) is 0 Å². The molecular formula is C16H14N2O2. The highest BCUT2D eigenvalue weighted by Crippen LogP contribution is 2.21. The summed E-state index contributed by atoms with van der Waals surface area (Å²) in [4.78, 5) is 16.4. The maximum Gasteiger partial charge on any atom is 0.340 e. The Balaban J connectivity index is 2.17. The number of fused-ring (bicyclic) bond motifs is 1. The van der Waals surface area contributed by atoms with E-state index in [4.69, 9.17) is 4.74 Å². The standard InChI is InChI=1S/C16H14N2O2/c1-2-20-16(19)13-7-3-4-8-14(13)18-11-9-12-6-5-10-17-15(12)18/h3-11H,2H2,1H3. The van der Waals surface area contributed by atoms with Crippen molar-refractivity contribution in [3.05, 3.63) is 60.4 Å². The summed E-state index contributed by atoms with van der Waals surface area (Å²) in [6.07, 6.45) is 3.65. The molecule has 1 aromatic carbocycles. The first-order chi connectivity index (χ1) is 9.81. The number of nitrogens with zero attached hydrogens (tertiary/aromatic N) is 2. The third-order valence-electron chi connectivity index (χ3n) is 3.11. The molecule has 0 atom stereocenters. The molecule has 2 heterocycles. The maximum atomic E-state index is 12.0. The van der Waals surface area contributed by atoms with Crippen molar-refractivity contribution < 1.29 is 9.53 Å². The minimum absolute atomic E-state index is 0.319. The van der Waals surface area contributed by atoms with E-state index in [2.05, 4.69) is 4.98 Å². The quantitative estimate of drug-likeness (QED) is 0.684. The summed E-state index contributed by atoms with van der Waals surface area (Å²) in [5, 5.41) is 1.03. The first-order valence-corrected chi connectivity index (χ1v) is 6.50. The van der Waals surface area contributed by atoms with Crippen molar-refractivity contribution in [3.63, 3.8) is 0 Å². The van der Waals surface area contributed by atoms with Crippen molar-refractivity contribution in [3.8, 4) is 5.69 Å². The van der Waals surface area contributed by atoms with E-state index in [0.29, 0.717) is 12.2 Å². The van der Waals surface area contributed by atoms with Gasteiger partial charge in [0.15, 0.2) is 0 Å². The normalized spacial score (nSPS) is 10.7. The molecule has 0 unspecified atom stereocenters. The molecule has 3 rings (SSSR count). The number of para-hydroxylation sites is 1. The van der Waals surface area contributed by atoms with Crippen molar-refractivity contribution in [1.29, 1.82) is 0 Å². The molecule has 0 saturated heterocycles. The van der Waals surface area contributed by atoms with Gasteiger partial charge in [-0.05, 0) is 37.3 Å². The van der Waals surface area contributed by atoms with Crippen molar-refractivity contribution in [1.82, 2.24) is 9.55 Å². The SMILES string of the molecule is CCOC(=O)c1ccccc1-n1ccc2cccnc21. The van der Waals surface area contributed by atoms with Crippen LogP contribution in [0.2, 0.25) is 0 Å². The summed E-state index contributed by atoms with van der Waals surface area (Å²) >= 11 is 0. The first kappa shape index (κ1) is 12.4. The molecule has 20 heavy (non-hydrogen) atoms. The monoisotopic (exact) mass is 266 g/mol. The molecule has 0 amide bonds. The predicted octanol–water partition coefficient (Wildman–Crippen LogP) is 3.20. The molecule has 0 aliphatic rings. The first-order valence-electron chi connectivity index (χ1n) is 6.50. The van der Waals surface area contributed by atoms with E-state index in [1.54, 1.807) is 19.2 Å². The zero-order chi connectivity index (χ0) is 13.9. The molecule has 0 fully saturated rings. The minimum atomic E-state index is -0.319. The fourth-order valence-corrected chi connectivity index (χ4v) is 2.23. The van der Waals surface area contributed by atoms with E-state index in [0.717, 1.165) is 16.7 Å². The topological polar surface area (TPSA) is 44.1 Å². The number of esters is 1. The lowest BCUT2D eigenvalue weighted by molar-refractivity contribution is 0.0526. The third-order valence-corrected chi connectivity index (χ3v) is 3.11. The maximum absolute atomic E-state index is 12.0. The van der Waals surface area contributed by atoms with Crippen LogP contribution in [0.15, 0.2) is 54.9 Å². The van der Waals surface area contributed by atoms with Gasteiger partial charge in [-0.3, -0.25) is 0 Å². The van der Waals surface area contributed by atoms with Crippen LogP contribution in [0.25, 0.3) is 16.7 Å². The van der Waals surface area contributed by atoms with Crippen molar-refractivity contribution in [2.24, 2.45) is 0 Å². The molecule has 100 valence electrons. The summed E-state index contributed by atoms with van der Waals surface area (Å²) in [5.74, 6) is -0.319. The van der Waals surface area contributed by atoms with Crippen LogP contribution in [0.5, 0.6) is 0 Å². The summed E-state index contributed by atoms with van der Waals surface area (Å²) < 4.78 is 7.01. The second-order valence-corrected chi connectivity index (χ2v) is 4.34. The molecule has 0 bridgehead atoms. The number of benzene rings is 1. The molecule has 0 aliphatic heterocycles. The Morgan fingerprint density at radius 1 is 1.20 bits per heavy atom. The number of hydrogen-bond donors (Lipinski definition) is 0. The average molecular weight is 266 g/mol. The zero-order valence-corrected chi connectivity index (χ0v) is 11.1. The highest BCUT2D eigenvalue weighted by molar-refractivity contribution is 5.94. The Hall–Kier alpha value is -2.62. The van der Waals surface area contributed by atoms with Crippen LogP contribution in [0.1, 0.15) is 17.3 Å². The van der Waals surface area contributed by atoms with Gasteiger partial charge in [-0.1, -0.05) is 12.1 Å². The Kier molecular flexibility index (Phi) is 3.21. The van der Waals surface area contributed by atoms with E-state index < -0.39 is 0 Å². The van der Waals surface area contributed by atoms with Gasteiger partial charge in [0.1, 0.15) is 5.65 Å². The summed E-state index contributed by atoms with van der Waals surface area (Å²) in [6.45, 7) is 2.16. The van der Waals surface area contributed by atoms with Crippen LogP contribution in [0.3, 0.4) is 0 Å². The lowest BCUT2D eigenvalue weighted by Crippen LogP contribution is -2.09. The summed E-state index contributed by atoms with van der Waals surface area (Å²) in [7, 11) is 0. The van der Waals surface area contributed by atoms with E-state index >= 15 is 0 Å². The Morgan fingerprint density at radius 3 is 2.90 bits per heavy atom. The summed E-state index contributed by atoms with van der Waals surface area (Å²) in [5.41, 5.74) is 2.14. The second-order valence-electron chi connectivity index (χ2n) is 4.34. The van der Waals surface area contributed by atoms with Crippen LogP contribution in [-0.2, 0) is 4.74 Å². The fourth-order valence-electron chi connectivity index (χ4n) is 2.23. The van der Waals surface area contributed by atoms with Crippen LogP contribution < -0.4 is 0 Å². The van der Waals surface area contributed by atoms with E-state index in [9.17, 15) is 4.79 Å². The average Bonchev–Trinajstić information content (AvgIpc) is 2.91. The highest BCUT2D eigenvalue weighted by Gasteiger charge is 2.14. The smallest absolute Gasteiger partial charge is 0.340 e. The Morgan fingerprint density at radius 2 is 2.05 bits per heavy atom. The molecule has 4 nitrogen and oxygen atoms in total. The second kappa shape index (κ2) is 5.17. The largest absolute Gasteiger partial charge is 0.462 e. The number of pyridine rings is 1. The molecular weight excluding hydrogens is 252 g/mol. The predicted molar refractivity (Wildman–Crippen MR) is 77.0 cm³/mol. The van der Waals surface area contributed by atoms with Gasteiger partial charge in [-0.2, -0.15) is 0 Å². The molecule has 0 saturated carbocycles. The van der Waals surface area contributed by atoms with Crippen molar-refractivity contribution >= 4 is 17.0 Å². The number of hydrogen-bond acceptors (Lipinski definition) is 3. The van der Waals surface area contributed by atoms with Crippen LogP contribution in [0.4, 0.5) is 0 Å². The molecule has 3 aromatic rings. The zero-order valence-electron chi connectivity index (χ0n) is 11.1. The van der Waals surface area contributed by atoms with Gasteiger partial charge < -0.3 is 9.30 Å². The third kappa shape index (κ3) is 2.05. The lowest BCUT2D eigenvalue weighted by Gasteiger charge is -2.10. The number of rotatable bonds is 3. The van der Waals surface area contributed by atoms with E-state index in [1.165, 1.54) is 0 Å². The van der Waals surface area contributed by atoms with Crippen LogP contribution in [-0.4, -0.2) is 22.1 Å². The fraction of sp³-hybridized carbons (Fsp3) is 0.125. The number of ether oxygens (including phenoxy) is 1. The van der Waals surface area contributed by atoms with Gasteiger partial charge in [-0.15, -0.1) is 0 Å². The van der Waals surface area contributed by atoms with E-state index in [1.807, 2.05) is 47.2 Å². The van der Waals surface area contributed by atoms with Gasteiger partial charge in [0, 0.05) is 17.8 Å². The molecule has 0 radical (unpaired) electrons. The van der Waals surface area contributed by atoms with Gasteiger partial charge in [0.25, 0.3) is 0 Å². The van der Waals surface area contributed by atoms with Gasteiger partial charge in [-0.25, -0.2) is 9.78 Å². The molecule has 2 aromatic heterocycles. The number of carbonyl (C=O) groups excluding carboxylic acids is 1. The Labute approximate surface area is 116 Å². The molecule has 0 spiro atoms. The van der Waals surface area contributed by atoms with Crippen LogP contribution in [0, 0.1) is 0 Å². The molecule has 0 N–H and O–H groups in total. The number of carbonyl (C=O) groups is 1. The minimum Gasteiger partial charge on any atom is -0.462 e. The number of aromatic nitrogens is 2. The van der Waals surface area contributed by atoms with Crippen molar-refractivity contribution in [2.75, 3.05) is 6.61 Å². The molecule has 0 aliphatic carbocycles. The molecule has 4 heteroatoms. The van der Waals surface area contributed by atoms with Crippen molar-refractivity contribution in [2.45, 2.75) is 6.92 Å². The Bertz CT molecular complexity index is 762. The highest BCUT2D eigenvalue weighted by atomic mass is 16.5. The van der Waals surface area contributed by atoms with Gasteiger partial charge in [0.05, 0.1) is 17.9 Å². The lowest BCUT2D eigenvalue weighted by atomic mass is 10.2. The van der Waals surface area contributed by atoms with Gasteiger partial charge >= 0.3 is 5.97 Å². The van der Waals surface area contributed by atoms with E-state index in [-0.39, 0.29) is 5.97 Å². The summed E-state index contributed by atoms with van der Waals surface area (Å²) in [6, 6.07) is 13.2. The van der Waals surface area contributed by atoms with Crippen LogP contribution >= 0.6 is 0 Å².